The van der Waals surface area contributed by atoms with E-state index in [1.807, 2.05) is 6.07 Å². The molecule has 1 aromatic heterocycles. The molecule has 1 heterocycles. The van der Waals surface area contributed by atoms with Gasteiger partial charge in [-0.1, -0.05) is 19.8 Å². The van der Waals surface area contributed by atoms with Crippen molar-refractivity contribution in [2.45, 2.75) is 32.6 Å². The van der Waals surface area contributed by atoms with Gasteiger partial charge in [-0.15, -0.1) is 0 Å². The highest BCUT2D eigenvalue weighted by atomic mass is 16.1. The van der Waals surface area contributed by atoms with Crippen LogP contribution in [0.3, 0.4) is 0 Å². The second-order valence-corrected chi connectivity index (χ2v) is 3.02. The zero-order valence-corrected chi connectivity index (χ0v) is 7.47. The Labute approximate surface area is 72.6 Å². The number of aromatic nitrogens is 1. The minimum absolute atomic E-state index is 0.00370. The fraction of sp³-hybridized carbons (Fsp3) is 0.500. The molecule has 0 spiro atoms. The van der Waals surface area contributed by atoms with Crippen LogP contribution in [-0.4, -0.2) is 4.98 Å². The van der Waals surface area contributed by atoms with Crippen LogP contribution in [0, 0.1) is 0 Å². The molecule has 2 heteroatoms. The lowest BCUT2D eigenvalue weighted by Gasteiger charge is -1.97. The average Bonchev–Trinajstić information content (AvgIpc) is 2.05. The van der Waals surface area contributed by atoms with E-state index in [4.69, 9.17) is 0 Å². The van der Waals surface area contributed by atoms with E-state index in [0.717, 1.165) is 12.0 Å². The van der Waals surface area contributed by atoms with Crippen LogP contribution in [0.5, 0.6) is 0 Å². The van der Waals surface area contributed by atoms with Crippen LogP contribution < -0.4 is 5.56 Å². The highest BCUT2D eigenvalue weighted by Gasteiger charge is 1.92. The number of aromatic amines is 1. The zero-order chi connectivity index (χ0) is 8.81. The summed E-state index contributed by atoms with van der Waals surface area (Å²) in [5.41, 5.74) is 1.15. The van der Waals surface area contributed by atoms with Crippen molar-refractivity contribution in [1.82, 2.24) is 4.98 Å². The number of pyridine rings is 1. The Balaban J connectivity index is 2.47. The lowest BCUT2D eigenvalue weighted by Crippen LogP contribution is -2.03. The van der Waals surface area contributed by atoms with Gasteiger partial charge in [0.25, 0.3) is 0 Å². The van der Waals surface area contributed by atoms with E-state index in [1.165, 1.54) is 19.3 Å². The molecule has 0 saturated heterocycles. The number of hydrogen-bond donors (Lipinski definition) is 1. The molecule has 0 aliphatic carbocycles. The van der Waals surface area contributed by atoms with Crippen LogP contribution >= 0.6 is 0 Å². The first-order valence-corrected chi connectivity index (χ1v) is 4.50. The van der Waals surface area contributed by atoms with E-state index in [2.05, 4.69) is 11.9 Å². The smallest absolute Gasteiger partial charge is 0.248 e. The highest BCUT2D eigenvalue weighted by Crippen LogP contribution is 2.02. The summed E-state index contributed by atoms with van der Waals surface area (Å²) in [5.74, 6) is 0. The maximum atomic E-state index is 10.9. The van der Waals surface area contributed by atoms with Gasteiger partial charge >= 0.3 is 0 Å². The Morgan fingerprint density at radius 1 is 1.42 bits per heavy atom. The Kier molecular flexibility index (Phi) is 3.58. The van der Waals surface area contributed by atoms with Crippen LogP contribution in [-0.2, 0) is 6.42 Å². The minimum atomic E-state index is 0.00370. The summed E-state index contributed by atoms with van der Waals surface area (Å²) in [6.45, 7) is 2.18. The summed E-state index contributed by atoms with van der Waals surface area (Å²) in [5, 5.41) is 0. The molecule has 0 amide bonds. The molecule has 66 valence electrons. The number of rotatable bonds is 4. The Morgan fingerprint density at radius 2 is 2.25 bits per heavy atom. The molecule has 0 aromatic carbocycles. The third-order valence-corrected chi connectivity index (χ3v) is 1.91. The van der Waals surface area contributed by atoms with Crippen molar-refractivity contribution in [2.75, 3.05) is 0 Å². The van der Waals surface area contributed by atoms with Crippen LogP contribution in [0.15, 0.2) is 23.1 Å². The molecule has 0 bridgehead atoms. The molecule has 1 rings (SSSR count). The van der Waals surface area contributed by atoms with Gasteiger partial charge in [-0.25, -0.2) is 0 Å². The third-order valence-electron chi connectivity index (χ3n) is 1.91. The van der Waals surface area contributed by atoms with E-state index in [9.17, 15) is 4.79 Å². The van der Waals surface area contributed by atoms with Gasteiger partial charge in [0.05, 0.1) is 0 Å². The minimum Gasteiger partial charge on any atom is -0.329 e. The van der Waals surface area contributed by atoms with Gasteiger partial charge < -0.3 is 4.98 Å². The second kappa shape index (κ2) is 4.75. The van der Waals surface area contributed by atoms with Gasteiger partial charge in [0.1, 0.15) is 0 Å². The van der Waals surface area contributed by atoms with Crippen LogP contribution in [0.1, 0.15) is 31.7 Å². The van der Waals surface area contributed by atoms with Crippen LogP contribution in [0.25, 0.3) is 0 Å². The van der Waals surface area contributed by atoms with E-state index in [0.29, 0.717) is 0 Å². The third kappa shape index (κ3) is 2.91. The van der Waals surface area contributed by atoms with Crippen molar-refractivity contribution in [1.29, 1.82) is 0 Å². The fourth-order valence-corrected chi connectivity index (χ4v) is 1.22. The van der Waals surface area contributed by atoms with Gasteiger partial charge in [0, 0.05) is 12.3 Å². The second-order valence-electron chi connectivity index (χ2n) is 3.02. The number of nitrogens with one attached hydrogen (secondary N) is 1. The molecule has 2 nitrogen and oxygen atoms in total. The van der Waals surface area contributed by atoms with Crippen molar-refractivity contribution in [3.05, 3.63) is 34.2 Å². The zero-order valence-electron chi connectivity index (χ0n) is 7.47. The molecular formula is C10H15NO. The van der Waals surface area contributed by atoms with Gasteiger partial charge in [0.2, 0.25) is 5.56 Å². The molecule has 0 radical (unpaired) electrons. The summed E-state index contributed by atoms with van der Waals surface area (Å²) in [4.78, 5) is 13.5. The number of aryl methyl sites for hydroxylation is 1. The van der Waals surface area contributed by atoms with Crippen molar-refractivity contribution in [3.8, 4) is 0 Å². The number of hydrogen-bond acceptors (Lipinski definition) is 1. The highest BCUT2D eigenvalue weighted by molar-refractivity contribution is 5.09. The topological polar surface area (TPSA) is 32.9 Å². The molecular weight excluding hydrogens is 150 g/mol. The Morgan fingerprint density at radius 3 is 2.92 bits per heavy atom. The van der Waals surface area contributed by atoms with Gasteiger partial charge in [-0.3, -0.25) is 4.79 Å². The van der Waals surface area contributed by atoms with Crippen molar-refractivity contribution in [2.24, 2.45) is 0 Å². The fourth-order valence-electron chi connectivity index (χ4n) is 1.22. The molecule has 12 heavy (non-hydrogen) atoms. The first-order valence-electron chi connectivity index (χ1n) is 4.50. The van der Waals surface area contributed by atoms with Crippen LogP contribution in [0.2, 0.25) is 0 Å². The summed E-state index contributed by atoms with van der Waals surface area (Å²) < 4.78 is 0. The van der Waals surface area contributed by atoms with Gasteiger partial charge in [0.15, 0.2) is 0 Å². The number of unbranched alkanes of at least 4 members (excludes halogenated alkanes) is 2. The molecule has 0 aliphatic heterocycles. The SMILES string of the molecule is CCCCCc1cc[nH]c(=O)c1. The van der Waals surface area contributed by atoms with Crippen molar-refractivity contribution < 1.29 is 0 Å². The Hall–Kier alpha value is -1.05. The molecule has 0 atom stereocenters. The summed E-state index contributed by atoms with van der Waals surface area (Å²) in [6.07, 6.45) is 6.39. The number of H-pyrrole nitrogens is 1. The molecule has 1 aromatic rings. The molecule has 0 fully saturated rings. The molecule has 0 aliphatic rings. The van der Waals surface area contributed by atoms with Crippen LogP contribution in [0.4, 0.5) is 0 Å². The van der Waals surface area contributed by atoms with Gasteiger partial charge in [-0.2, -0.15) is 0 Å². The quantitative estimate of drug-likeness (QED) is 0.681. The maximum absolute atomic E-state index is 10.9. The molecule has 1 N–H and O–H groups in total. The summed E-state index contributed by atoms with van der Waals surface area (Å²) >= 11 is 0. The van der Waals surface area contributed by atoms with E-state index in [-0.39, 0.29) is 5.56 Å². The predicted octanol–water partition coefficient (Wildman–Crippen LogP) is 2.11. The summed E-state index contributed by atoms with van der Waals surface area (Å²) in [7, 11) is 0. The lowest BCUT2D eigenvalue weighted by atomic mass is 10.1. The predicted molar refractivity (Wildman–Crippen MR) is 50.3 cm³/mol. The first-order chi connectivity index (χ1) is 5.83. The molecule has 0 saturated carbocycles. The lowest BCUT2D eigenvalue weighted by molar-refractivity contribution is 0.716. The van der Waals surface area contributed by atoms with Crippen molar-refractivity contribution >= 4 is 0 Å². The summed E-state index contributed by atoms with van der Waals surface area (Å²) in [6, 6.07) is 3.65. The maximum Gasteiger partial charge on any atom is 0.248 e. The van der Waals surface area contributed by atoms with Gasteiger partial charge in [-0.05, 0) is 24.5 Å². The average molecular weight is 165 g/mol. The molecule has 0 unspecified atom stereocenters. The van der Waals surface area contributed by atoms with E-state index >= 15 is 0 Å². The van der Waals surface area contributed by atoms with Crippen molar-refractivity contribution in [3.63, 3.8) is 0 Å². The monoisotopic (exact) mass is 165 g/mol. The standard InChI is InChI=1S/C10H15NO/c1-2-3-4-5-9-6-7-11-10(12)8-9/h6-8H,2-5H2,1H3,(H,11,12). The first kappa shape index (κ1) is 9.04. The largest absolute Gasteiger partial charge is 0.329 e. The Bertz CT molecular complexity index is 277. The van der Waals surface area contributed by atoms with E-state index in [1.54, 1.807) is 12.3 Å². The van der Waals surface area contributed by atoms with E-state index < -0.39 is 0 Å². The normalized spacial score (nSPS) is 10.1.